The molecule has 1 saturated heterocycles. The first-order valence-corrected chi connectivity index (χ1v) is 15.6. The summed E-state index contributed by atoms with van der Waals surface area (Å²) in [5.74, 6) is -1.98. The zero-order valence-corrected chi connectivity index (χ0v) is 27.2. The molecule has 1 aliphatic rings. The van der Waals surface area contributed by atoms with Crippen molar-refractivity contribution in [3.05, 3.63) is 102 Å². The molecule has 47 heavy (non-hydrogen) atoms. The quantitative estimate of drug-likeness (QED) is 0.245. The van der Waals surface area contributed by atoms with E-state index >= 15 is 0 Å². The topological polar surface area (TPSA) is 143 Å². The third kappa shape index (κ3) is 10.3. The Bertz CT molecular complexity index is 1470. The molecule has 4 rings (SSSR count). The van der Waals surface area contributed by atoms with E-state index in [1.54, 1.807) is 32.9 Å². The summed E-state index contributed by atoms with van der Waals surface area (Å²) in [6.45, 7) is 5.67. The summed E-state index contributed by atoms with van der Waals surface area (Å²) in [4.78, 5) is 52.5. The van der Waals surface area contributed by atoms with Crippen molar-refractivity contribution >= 4 is 29.8 Å². The Labute approximate surface area is 275 Å². The lowest BCUT2D eigenvalue weighted by Crippen LogP contribution is -2.52. The van der Waals surface area contributed by atoms with Gasteiger partial charge in [0.05, 0.1) is 38.8 Å². The summed E-state index contributed by atoms with van der Waals surface area (Å²) in [6, 6.07) is 25.2. The number of morpholine rings is 1. The Morgan fingerprint density at radius 2 is 1.47 bits per heavy atom. The van der Waals surface area contributed by atoms with Gasteiger partial charge in [-0.1, -0.05) is 78.9 Å². The minimum atomic E-state index is -1.03. The van der Waals surface area contributed by atoms with Crippen LogP contribution in [0.1, 0.15) is 56.2 Å². The van der Waals surface area contributed by atoms with Gasteiger partial charge in [0.1, 0.15) is 11.6 Å². The number of carbonyl (C=O) groups is 4. The Balaban J connectivity index is 1.55. The molecule has 0 aromatic heterocycles. The van der Waals surface area contributed by atoms with Crippen LogP contribution in [0.3, 0.4) is 0 Å². The van der Waals surface area contributed by atoms with Crippen molar-refractivity contribution in [1.29, 1.82) is 0 Å². The molecule has 250 valence electrons. The molecular weight excluding hydrogens is 602 g/mol. The van der Waals surface area contributed by atoms with Crippen molar-refractivity contribution in [3.8, 4) is 0 Å². The molecule has 11 heteroatoms. The molecule has 3 aromatic carbocycles. The number of anilines is 1. The molecule has 1 fully saturated rings. The number of ether oxygens (including phenoxy) is 3. The van der Waals surface area contributed by atoms with Gasteiger partial charge in [0.25, 0.3) is 0 Å². The number of para-hydroxylation sites is 1. The normalized spacial score (nSPS) is 17.0. The fraction of sp³-hybridized carbons (Fsp3) is 0.389. The number of carboxylic acids is 1. The van der Waals surface area contributed by atoms with Crippen LogP contribution in [0, 0.1) is 0 Å². The van der Waals surface area contributed by atoms with Crippen LogP contribution < -0.4 is 10.6 Å². The number of aliphatic carboxylic acids is 1. The van der Waals surface area contributed by atoms with Crippen molar-refractivity contribution in [3.63, 3.8) is 0 Å². The lowest BCUT2D eigenvalue weighted by Gasteiger charge is -2.38. The molecule has 1 aliphatic heterocycles. The molecule has 3 aromatic rings. The summed E-state index contributed by atoms with van der Waals surface area (Å²) in [6.07, 6.45) is -1.76. The highest BCUT2D eigenvalue weighted by molar-refractivity contribution is 5.98. The smallest absolute Gasteiger partial charge is 0.410 e. The number of alkyl carbamates (subject to hydrolysis) is 1. The Morgan fingerprint density at radius 3 is 2.04 bits per heavy atom. The van der Waals surface area contributed by atoms with Crippen LogP contribution in [-0.2, 0) is 30.2 Å². The number of benzene rings is 3. The van der Waals surface area contributed by atoms with E-state index in [0.717, 1.165) is 16.7 Å². The standard InChI is InChI=1S/C36H43N3O8/c1-36(2,3)47-35(44)39-22-27(46-28(23-39)21-30(40)41)20-19-24-13-11-12-18-29(24)37-33(42)32(38-34(43)45-4)31(25-14-7-5-8-15-25)26-16-9-6-10-17-26/h5-18,27-28,31-32H,19-23H2,1-4H3,(H,37,42)(H,38,43)(H,40,41)/t27-,28-,32+/m1/s1. The molecule has 0 radical (unpaired) electrons. The maximum absolute atomic E-state index is 14.1. The first kappa shape index (κ1) is 35.0. The lowest BCUT2D eigenvalue weighted by atomic mass is 9.84. The molecule has 11 nitrogen and oxygen atoms in total. The second kappa shape index (κ2) is 16.1. The first-order chi connectivity index (χ1) is 22.4. The van der Waals surface area contributed by atoms with Gasteiger partial charge in [-0.25, -0.2) is 9.59 Å². The van der Waals surface area contributed by atoms with E-state index in [4.69, 9.17) is 14.2 Å². The lowest BCUT2D eigenvalue weighted by molar-refractivity contribution is -0.146. The number of nitrogens with zero attached hydrogens (tertiary/aromatic N) is 1. The van der Waals surface area contributed by atoms with Crippen molar-refractivity contribution in [2.24, 2.45) is 0 Å². The van der Waals surface area contributed by atoms with Gasteiger partial charge in [-0.15, -0.1) is 0 Å². The average molecular weight is 646 g/mol. The van der Waals surface area contributed by atoms with E-state index in [-0.39, 0.29) is 19.5 Å². The van der Waals surface area contributed by atoms with Gasteiger partial charge in [0.2, 0.25) is 5.91 Å². The number of carboxylic acid groups (broad SMARTS) is 1. The number of rotatable bonds is 11. The van der Waals surface area contributed by atoms with Crippen LogP contribution in [0.4, 0.5) is 15.3 Å². The van der Waals surface area contributed by atoms with Gasteiger partial charge in [-0.3, -0.25) is 9.59 Å². The Morgan fingerprint density at radius 1 is 0.894 bits per heavy atom. The van der Waals surface area contributed by atoms with Gasteiger partial charge in [-0.05, 0) is 56.4 Å². The van der Waals surface area contributed by atoms with Gasteiger partial charge in [0, 0.05) is 11.6 Å². The van der Waals surface area contributed by atoms with E-state index in [1.165, 1.54) is 12.0 Å². The minimum Gasteiger partial charge on any atom is -0.481 e. The summed E-state index contributed by atoms with van der Waals surface area (Å²) in [5.41, 5.74) is 2.33. The highest BCUT2D eigenvalue weighted by Gasteiger charge is 2.35. The Kier molecular flexibility index (Phi) is 12.0. The molecule has 3 atom stereocenters. The van der Waals surface area contributed by atoms with Crippen LogP contribution >= 0.6 is 0 Å². The number of amides is 3. The van der Waals surface area contributed by atoms with Crippen molar-refractivity contribution in [2.45, 2.75) is 69.8 Å². The molecule has 3 amide bonds. The summed E-state index contributed by atoms with van der Waals surface area (Å²) >= 11 is 0. The minimum absolute atomic E-state index is 0.114. The van der Waals surface area contributed by atoms with E-state index in [0.29, 0.717) is 18.5 Å². The number of nitrogens with one attached hydrogen (secondary N) is 2. The highest BCUT2D eigenvalue weighted by atomic mass is 16.6. The van der Waals surface area contributed by atoms with Gasteiger partial charge in [0.15, 0.2) is 0 Å². The average Bonchev–Trinajstić information content (AvgIpc) is 3.03. The number of aryl methyl sites for hydroxylation is 1. The molecule has 0 bridgehead atoms. The zero-order valence-electron chi connectivity index (χ0n) is 27.2. The van der Waals surface area contributed by atoms with Crippen LogP contribution in [0.25, 0.3) is 0 Å². The maximum atomic E-state index is 14.1. The van der Waals surface area contributed by atoms with E-state index in [9.17, 15) is 24.3 Å². The van der Waals surface area contributed by atoms with Crippen molar-refractivity contribution in [1.82, 2.24) is 10.2 Å². The van der Waals surface area contributed by atoms with Gasteiger partial charge >= 0.3 is 18.2 Å². The molecule has 0 spiro atoms. The predicted molar refractivity (Wildman–Crippen MR) is 176 cm³/mol. The third-order valence-corrected chi connectivity index (χ3v) is 7.69. The monoisotopic (exact) mass is 645 g/mol. The fourth-order valence-electron chi connectivity index (χ4n) is 5.64. The maximum Gasteiger partial charge on any atom is 0.410 e. The van der Waals surface area contributed by atoms with E-state index in [2.05, 4.69) is 10.6 Å². The summed E-state index contributed by atoms with van der Waals surface area (Å²) in [5, 5.41) is 15.2. The predicted octanol–water partition coefficient (Wildman–Crippen LogP) is 5.59. The van der Waals surface area contributed by atoms with Crippen LogP contribution in [0.15, 0.2) is 84.9 Å². The van der Waals surface area contributed by atoms with Crippen LogP contribution in [-0.4, -0.2) is 78.1 Å². The number of hydrogen-bond acceptors (Lipinski definition) is 7. The van der Waals surface area contributed by atoms with E-state index in [1.807, 2.05) is 72.8 Å². The van der Waals surface area contributed by atoms with Crippen LogP contribution in [0.5, 0.6) is 0 Å². The first-order valence-electron chi connectivity index (χ1n) is 15.6. The number of hydrogen-bond donors (Lipinski definition) is 3. The van der Waals surface area contributed by atoms with Crippen LogP contribution in [0.2, 0.25) is 0 Å². The number of carbonyl (C=O) groups excluding carboxylic acids is 3. The molecule has 0 aliphatic carbocycles. The molecule has 1 heterocycles. The largest absolute Gasteiger partial charge is 0.481 e. The molecule has 0 saturated carbocycles. The molecular formula is C36H43N3O8. The van der Waals surface area contributed by atoms with Crippen molar-refractivity contribution < 1.29 is 38.5 Å². The van der Waals surface area contributed by atoms with Gasteiger partial charge < -0.3 is 34.9 Å². The second-order valence-electron chi connectivity index (χ2n) is 12.5. The fourth-order valence-corrected chi connectivity index (χ4v) is 5.64. The summed E-state index contributed by atoms with van der Waals surface area (Å²) in [7, 11) is 1.25. The molecule has 0 unspecified atom stereocenters. The molecule has 3 N–H and O–H groups in total. The zero-order chi connectivity index (χ0) is 34.0. The van der Waals surface area contributed by atoms with E-state index < -0.39 is 53.8 Å². The second-order valence-corrected chi connectivity index (χ2v) is 12.5. The number of methoxy groups -OCH3 is 1. The van der Waals surface area contributed by atoms with Gasteiger partial charge in [-0.2, -0.15) is 0 Å². The highest BCUT2D eigenvalue weighted by Crippen LogP contribution is 2.30. The summed E-state index contributed by atoms with van der Waals surface area (Å²) < 4.78 is 16.5. The SMILES string of the molecule is COC(=O)N[C@H](C(=O)Nc1ccccc1CC[C@@H]1CN(C(=O)OC(C)(C)C)C[C@@H](CC(=O)O)O1)C(c1ccccc1)c1ccccc1. The van der Waals surface area contributed by atoms with Crippen molar-refractivity contribution in [2.75, 3.05) is 25.5 Å². The Hall–Kier alpha value is -4.90. The third-order valence-electron chi connectivity index (χ3n) is 7.69.